The lowest BCUT2D eigenvalue weighted by atomic mass is 10.1. The number of nitro groups is 1. The van der Waals surface area contributed by atoms with Crippen LogP contribution in [0, 0.1) is 10.1 Å². The van der Waals surface area contributed by atoms with Gasteiger partial charge in [-0.25, -0.2) is 5.43 Å². The van der Waals surface area contributed by atoms with Crippen molar-refractivity contribution in [3.63, 3.8) is 0 Å². The Kier molecular flexibility index (Phi) is 7.25. The summed E-state index contributed by atoms with van der Waals surface area (Å²) < 4.78 is 10.7. The summed E-state index contributed by atoms with van der Waals surface area (Å²) in [7, 11) is 0. The molecule has 0 saturated carbocycles. The van der Waals surface area contributed by atoms with Gasteiger partial charge in [0, 0.05) is 23.3 Å². The van der Waals surface area contributed by atoms with Gasteiger partial charge in [-0.15, -0.1) is 0 Å². The third-order valence-corrected chi connectivity index (χ3v) is 5.50. The molecular weight excluding hydrogens is 536 g/mol. The van der Waals surface area contributed by atoms with Crippen molar-refractivity contribution in [1.29, 1.82) is 0 Å². The average Bonchev–Trinajstić information content (AvgIpc) is 3.34. The first-order valence-corrected chi connectivity index (χ1v) is 11.1. The van der Waals surface area contributed by atoms with Crippen molar-refractivity contribution in [1.82, 2.24) is 10.7 Å². The average molecular weight is 553 g/mol. The minimum absolute atomic E-state index is 0.00834. The number of hydrogen-bond donors (Lipinski definition) is 3. The first-order chi connectivity index (χ1) is 17.3. The van der Waals surface area contributed by atoms with Crippen LogP contribution < -0.4 is 20.2 Å². The second-order valence-corrected chi connectivity index (χ2v) is 8.17. The molecule has 0 radical (unpaired) electrons. The number of benzene rings is 3. The normalized spacial score (nSPS) is 12.4. The molecule has 1 heterocycles. The number of carbonyl (C=O) groups is 2. The zero-order valence-electron chi connectivity index (χ0n) is 18.3. The van der Waals surface area contributed by atoms with Gasteiger partial charge >= 0.3 is 0 Å². The zero-order valence-corrected chi connectivity index (χ0v) is 19.9. The number of phenolic OH excluding ortho intramolecular Hbond substituents is 1. The van der Waals surface area contributed by atoms with E-state index in [-0.39, 0.29) is 34.0 Å². The highest BCUT2D eigenvalue weighted by atomic mass is 79.9. The highest BCUT2D eigenvalue weighted by Gasteiger charge is 2.17. The van der Waals surface area contributed by atoms with Gasteiger partial charge < -0.3 is 19.9 Å². The number of ether oxygens (including phenoxy) is 2. The number of rotatable bonds is 7. The Morgan fingerprint density at radius 1 is 1.08 bits per heavy atom. The first-order valence-electron chi connectivity index (χ1n) is 10.3. The predicted molar refractivity (Wildman–Crippen MR) is 133 cm³/mol. The van der Waals surface area contributed by atoms with Crippen LogP contribution >= 0.6 is 15.9 Å². The summed E-state index contributed by atoms with van der Waals surface area (Å²) in [6.45, 7) is 0.0793. The van der Waals surface area contributed by atoms with E-state index in [1.807, 2.05) is 0 Å². The molecule has 11 nitrogen and oxygen atoms in total. The fraction of sp³-hybridized carbons (Fsp3) is 0.0417. The van der Waals surface area contributed by atoms with E-state index in [0.717, 1.165) is 18.3 Å². The number of fused-ring (bicyclic) bond motifs is 1. The molecule has 0 unspecified atom stereocenters. The lowest BCUT2D eigenvalue weighted by molar-refractivity contribution is -0.385. The number of nitro benzene ring substituents is 1. The second-order valence-electron chi connectivity index (χ2n) is 7.31. The van der Waals surface area contributed by atoms with E-state index in [9.17, 15) is 24.8 Å². The molecule has 36 heavy (non-hydrogen) atoms. The minimum atomic E-state index is -0.780. The fourth-order valence-electron chi connectivity index (χ4n) is 3.14. The van der Waals surface area contributed by atoms with Gasteiger partial charge in [0.1, 0.15) is 11.4 Å². The fourth-order valence-corrected chi connectivity index (χ4v) is 3.61. The SMILES string of the molecule is O=C(N/N=C\c1cc([N+](=O)[O-])cc(Br)c1O)/C(=C/c1ccc2c(c1)OCO2)NC(=O)c1ccccc1. The number of hydrogen-bond acceptors (Lipinski definition) is 8. The van der Waals surface area contributed by atoms with Crippen LogP contribution in [0.3, 0.4) is 0 Å². The molecular formula is C24H17BrN4O7. The summed E-state index contributed by atoms with van der Waals surface area (Å²) in [5.41, 5.74) is 2.70. The Balaban J connectivity index is 1.59. The zero-order chi connectivity index (χ0) is 25.7. The van der Waals surface area contributed by atoms with Crippen molar-refractivity contribution in [2.24, 2.45) is 5.10 Å². The van der Waals surface area contributed by atoms with E-state index in [2.05, 4.69) is 31.8 Å². The van der Waals surface area contributed by atoms with Gasteiger partial charge in [-0.2, -0.15) is 5.10 Å². The molecule has 0 atom stereocenters. The number of halogens is 1. The Morgan fingerprint density at radius 2 is 1.83 bits per heavy atom. The molecule has 1 aliphatic rings. The maximum atomic E-state index is 12.9. The molecule has 0 aliphatic carbocycles. The number of nitrogens with zero attached hydrogens (tertiary/aromatic N) is 2. The van der Waals surface area contributed by atoms with Crippen LogP contribution in [0.2, 0.25) is 0 Å². The summed E-state index contributed by atoms with van der Waals surface area (Å²) in [5, 5.41) is 27.5. The smallest absolute Gasteiger partial charge is 0.287 e. The third-order valence-electron chi connectivity index (χ3n) is 4.89. The van der Waals surface area contributed by atoms with Crippen molar-refractivity contribution in [2.75, 3.05) is 6.79 Å². The topological polar surface area (TPSA) is 152 Å². The Morgan fingerprint density at radius 3 is 2.58 bits per heavy atom. The van der Waals surface area contributed by atoms with Gasteiger partial charge in [-0.3, -0.25) is 19.7 Å². The van der Waals surface area contributed by atoms with Gasteiger partial charge in [0.25, 0.3) is 17.5 Å². The van der Waals surface area contributed by atoms with Crippen LogP contribution in [0.1, 0.15) is 21.5 Å². The van der Waals surface area contributed by atoms with E-state index in [1.165, 1.54) is 6.08 Å². The third kappa shape index (κ3) is 5.67. The van der Waals surface area contributed by atoms with Crippen LogP contribution in [0.5, 0.6) is 17.2 Å². The van der Waals surface area contributed by atoms with Crippen LogP contribution in [0.4, 0.5) is 5.69 Å². The van der Waals surface area contributed by atoms with Crippen LogP contribution in [-0.2, 0) is 4.79 Å². The van der Waals surface area contributed by atoms with Crippen molar-refractivity contribution < 1.29 is 29.1 Å². The van der Waals surface area contributed by atoms with Crippen molar-refractivity contribution in [3.05, 3.63) is 97.6 Å². The Hall–Kier alpha value is -4.71. The molecule has 182 valence electrons. The summed E-state index contributed by atoms with van der Waals surface area (Å²) in [4.78, 5) is 36.1. The predicted octanol–water partition coefficient (Wildman–Crippen LogP) is 3.71. The standard InChI is InChI=1S/C24H17BrN4O7/c25-18-11-17(29(33)34)10-16(22(18)30)12-26-28-24(32)19(27-23(31)15-4-2-1-3-5-15)8-14-6-7-20-21(9-14)36-13-35-20/h1-12,30H,13H2,(H,27,31)(H,28,32)/b19-8-,26-12-. The van der Waals surface area contributed by atoms with E-state index in [0.29, 0.717) is 22.6 Å². The molecule has 0 spiro atoms. The van der Waals surface area contributed by atoms with Gasteiger partial charge in [-0.1, -0.05) is 24.3 Å². The quantitative estimate of drug-likeness (QED) is 0.175. The van der Waals surface area contributed by atoms with E-state index in [4.69, 9.17) is 9.47 Å². The number of phenols is 1. The molecule has 1 aliphatic heterocycles. The van der Waals surface area contributed by atoms with Crippen molar-refractivity contribution in [2.45, 2.75) is 0 Å². The van der Waals surface area contributed by atoms with E-state index < -0.39 is 16.7 Å². The van der Waals surface area contributed by atoms with Gasteiger partial charge in [-0.05, 0) is 51.8 Å². The highest BCUT2D eigenvalue weighted by Crippen LogP contribution is 2.33. The number of aromatic hydroxyl groups is 1. The number of carbonyl (C=O) groups excluding carboxylic acids is 2. The number of non-ortho nitro benzene ring substituents is 1. The van der Waals surface area contributed by atoms with Crippen LogP contribution in [0.25, 0.3) is 6.08 Å². The Bertz CT molecular complexity index is 1410. The van der Waals surface area contributed by atoms with Crippen molar-refractivity contribution in [3.8, 4) is 17.2 Å². The van der Waals surface area contributed by atoms with Gasteiger partial charge in [0.2, 0.25) is 6.79 Å². The molecule has 0 fully saturated rings. The number of hydrazone groups is 1. The molecule has 3 N–H and O–H groups in total. The van der Waals surface area contributed by atoms with Gasteiger partial charge in [0.05, 0.1) is 15.6 Å². The lowest BCUT2D eigenvalue weighted by Crippen LogP contribution is -2.32. The summed E-state index contributed by atoms with van der Waals surface area (Å²) in [5.74, 6) is -0.562. The molecule has 3 aromatic carbocycles. The summed E-state index contributed by atoms with van der Waals surface area (Å²) in [6.07, 6.45) is 2.47. The Labute approximate surface area is 212 Å². The molecule has 0 bridgehead atoms. The molecule has 0 aromatic heterocycles. The largest absolute Gasteiger partial charge is 0.506 e. The minimum Gasteiger partial charge on any atom is -0.506 e. The van der Waals surface area contributed by atoms with Crippen LogP contribution in [0.15, 0.2) is 75.9 Å². The summed E-state index contributed by atoms with van der Waals surface area (Å²) >= 11 is 3.04. The maximum Gasteiger partial charge on any atom is 0.287 e. The molecule has 3 aromatic rings. The second kappa shape index (κ2) is 10.7. The monoisotopic (exact) mass is 552 g/mol. The molecule has 2 amide bonds. The summed E-state index contributed by atoms with van der Waals surface area (Å²) in [6, 6.07) is 15.5. The van der Waals surface area contributed by atoms with E-state index in [1.54, 1.807) is 48.5 Å². The lowest BCUT2D eigenvalue weighted by Gasteiger charge is -2.09. The number of nitrogens with one attached hydrogen (secondary N) is 2. The van der Waals surface area contributed by atoms with Crippen LogP contribution in [-0.4, -0.2) is 34.9 Å². The highest BCUT2D eigenvalue weighted by molar-refractivity contribution is 9.10. The molecule has 0 saturated heterocycles. The number of amides is 2. The first kappa shape index (κ1) is 24.4. The molecule has 12 heteroatoms. The van der Waals surface area contributed by atoms with E-state index >= 15 is 0 Å². The van der Waals surface area contributed by atoms with Crippen molar-refractivity contribution >= 4 is 45.7 Å². The van der Waals surface area contributed by atoms with Gasteiger partial charge in [0.15, 0.2) is 11.5 Å². The maximum absolute atomic E-state index is 12.9. The molecule has 4 rings (SSSR count).